The topological polar surface area (TPSA) is 6.48 Å². The van der Waals surface area contributed by atoms with Crippen LogP contribution in [0.1, 0.15) is 67.0 Å². The Balaban J connectivity index is 0.983. The molecular formula is C54H44N2. The molecule has 4 aliphatic rings. The van der Waals surface area contributed by atoms with E-state index in [4.69, 9.17) is 0 Å². The zero-order valence-corrected chi connectivity index (χ0v) is 32.4. The van der Waals surface area contributed by atoms with Crippen LogP contribution >= 0.6 is 0 Å². The normalized spacial score (nSPS) is 18.6. The van der Waals surface area contributed by atoms with Crippen molar-refractivity contribution in [2.24, 2.45) is 0 Å². The minimum Gasteiger partial charge on any atom is -0.333 e. The number of benzene rings is 7. The molecule has 2 unspecified atom stereocenters. The second-order valence-corrected chi connectivity index (χ2v) is 16.9. The van der Waals surface area contributed by atoms with Crippen LogP contribution in [0.3, 0.4) is 0 Å². The van der Waals surface area contributed by atoms with Crippen LogP contribution in [0.15, 0.2) is 182 Å². The molecule has 2 nitrogen and oxygen atoms in total. The molecule has 270 valence electrons. The SMILES string of the molecule is CC1(C)c2ccccc2-c2ccc(N(c3ccccc3)c3ccc(C4=CC5c6cc7c(cc6N(c6ccccc6)C5C=C4)C(C)(C)c4ccccc4-7)cc3)cc21. The van der Waals surface area contributed by atoms with Gasteiger partial charge in [0.2, 0.25) is 0 Å². The predicted molar refractivity (Wildman–Crippen MR) is 235 cm³/mol. The highest BCUT2D eigenvalue weighted by atomic mass is 15.2. The van der Waals surface area contributed by atoms with E-state index in [0.29, 0.717) is 0 Å². The zero-order valence-electron chi connectivity index (χ0n) is 32.4. The highest BCUT2D eigenvalue weighted by molar-refractivity contribution is 5.90. The van der Waals surface area contributed by atoms with Crippen LogP contribution < -0.4 is 9.80 Å². The number of para-hydroxylation sites is 2. The van der Waals surface area contributed by atoms with Crippen LogP contribution in [-0.4, -0.2) is 6.04 Å². The molecule has 0 spiro atoms. The van der Waals surface area contributed by atoms with Crippen molar-refractivity contribution in [3.05, 3.63) is 215 Å². The summed E-state index contributed by atoms with van der Waals surface area (Å²) < 4.78 is 0. The highest BCUT2D eigenvalue weighted by Crippen LogP contribution is 2.56. The summed E-state index contributed by atoms with van der Waals surface area (Å²) in [6.07, 6.45) is 7.31. The Labute approximate surface area is 330 Å². The maximum absolute atomic E-state index is 2.57. The number of hydrogen-bond donors (Lipinski definition) is 0. The lowest BCUT2D eigenvalue weighted by atomic mass is 9.81. The van der Waals surface area contributed by atoms with Crippen LogP contribution in [0.25, 0.3) is 27.8 Å². The third kappa shape index (κ3) is 4.75. The summed E-state index contributed by atoms with van der Waals surface area (Å²) >= 11 is 0. The molecule has 2 atom stereocenters. The van der Waals surface area contributed by atoms with Crippen molar-refractivity contribution in [2.75, 3.05) is 9.80 Å². The lowest BCUT2D eigenvalue weighted by Gasteiger charge is -2.30. The molecule has 11 rings (SSSR count). The zero-order chi connectivity index (χ0) is 37.8. The van der Waals surface area contributed by atoms with Crippen molar-refractivity contribution in [1.29, 1.82) is 0 Å². The number of nitrogens with zero attached hydrogens (tertiary/aromatic N) is 2. The molecule has 0 amide bonds. The molecule has 0 fully saturated rings. The Morgan fingerprint density at radius 2 is 1.04 bits per heavy atom. The molecule has 56 heavy (non-hydrogen) atoms. The molecule has 7 aromatic rings. The fraction of sp³-hybridized carbons (Fsp3) is 0.148. The first kappa shape index (κ1) is 33.0. The molecule has 0 bridgehead atoms. The van der Waals surface area contributed by atoms with E-state index in [-0.39, 0.29) is 22.8 Å². The Morgan fingerprint density at radius 3 is 1.73 bits per heavy atom. The number of hydrogen-bond acceptors (Lipinski definition) is 2. The first-order valence-electron chi connectivity index (χ1n) is 20.0. The Hall–Kier alpha value is -6.38. The monoisotopic (exact) mass is 720 g/mol. The lowest BCUT2D eigenvalue weighted by molar-refractivity contribution is 0.660. The Kier molecular flexibility index (Phi) is 7.11. The first-order valence-corrected chi connectivity index (χ1v) is 20.0. The van der Waals surface area contributed by atoms with Crippen LogP contribution in [0.4, 0.5) is 28.4 Å². The van der Waals surface area contributed by atoms with Gasteiger partial charge in [-0.05, 0) is 122 Å². The smallest absolute Gasteiger partial charge is 0.0630 e. The van der Waals surface area contributed by atoms with E-state index < -0.39 is 0 Å². The van der Waals surface area contributed by atoms with Crippen molar-refractivity contribution < 1.29 is 0 Å². The van der Waals surface area contributed by atoms with Gasteiger partial charge in [0, 0.05) is 45.2 Å². The van der Waals surface area contributed by atoms with Crippen molar-refractivity contribution in [3.8, 4) is 22.3 Å². The summed E-state index contributed by atoms with van der Waals surface area (Å²) in [6.45, 7) is 9.47. The van der Waals surface area contributed by atoms with Crippen LogP contribution in [0.5, 0.6) is 0 Å². The number of allylic oxidation sites excluding steroid dienone is 2. The third-order valence-corrected chi connectivity index (χ3v) is 13.2. The van der Waals surface area contributed by atoms with E-state index in [1.54, 1.807) is 0 Å². The summed E-state index contributed by atoms with van der Waals surface area (Å²) in [7, 11) is 0. The average molecular weight is 721 g/mol. The minimum absolute atomic E-state index is 0.0513. The van der Waals surface area contributed by atoms with Gasteiger partial charge in [-0.15, -0.1) is 0 Å². The molecule has 3 aliphatic carbocycles. The van der Waals surface area contributed by atoms with Gasteiger partial charge in [-0.3, -0.25) is 0 Å². The second kappa shape index (κ2) is 12.1. The van der Waals surface area contributed by atoms with Crippen LogP contribution in [-0.2, 0) is 10.8 Å². The second-order valence-electron chi connectivity index (χ2n) is 16.9. The Bertz CT molecular complexity index is 2750. The van der Waals surface area contributed by atoms with Gasteiger partial charge < -0.3 is 9.80 Å². The summed E-state index contributed by atoms with van der Waals surface area (Å²) in [5.41, 5.74) is 20.8. The van der Waals surface area contributed by atoms with Gasteiger partial charge >= 0.3 is 0 Å². The lowest BCUT2D eigenvalue weighted by Crippen LogP contribution is -2.29. The summed E-state index contributed by atoms with van der Waals surface area (Å²) in [5, 5.41) is 0. The van der Waals surface area contributed by atoms with Crippen molar-refractivity contribution in [3.63, 3.8) is 0 Å². The molecule has 0 saturated carbocycles. The quantitative estimate of drug-likeness (QED) is 0.175. The van der Waals surface area contributed by atoms with Gasteiger partial charge in [-0.2, -0.15) is 0 Å². The van der Waals surface area contributed by atoms with E-state index in [2.05, 4.69) is 220 Å². The molecular weight excluding hydrogens is 677 g/mol. The van der Waals surface area contributed by atoms with E-state index >= 15 is 0 Å². The third-order valence-electron chi connectivity index (χ3n) is 13.2. The highest BCUT2D eigenvalue weighted by Gasteiger charge is 2.43. The summed E-state index contributed by atoms with van der Waals surface area (Å²) in [6, 6.07) is 61.0. The number of fused-ring (bicyclic) bond motifs is 9. The molecule has 0 aromatic heterocycles. The fourth-order valence-electron chi connectivity index (χ4n) is 10.3. The fourth-order valence-corrected chi connectivity index (χ4v) is 10.3. The van der Waals surface area contributed by atoms with Gasteiger partial charge in [0.05, 0.1) is 6.04 Å². The maximum Gasteiger partial charge on any atom is 0.0630 e. The molecule has 2 heteroatoms. The van der Waals surface area contributed by atoms with E-state index in [1.165, 1.54) is 78.3 Å². The number of anilines is 5. The number of rotatable bonds is 5. The van der Waals surface area contributed by atoms with Gasteiger partial charge in [0.15, 0.2) is 0 Å². The van der Waals surface area contributed by atoms with E-state index in [0.717, 1.165) is 11.4 Å². The van der Waals surface area contributed by atoms with Crippen molar-refractivity contribution >= 4 is 34.0 Å². The first-order chi connectivity index (χ1) is 27.3. The summed E-state index contributed by atoms with van der Waals surface area (Å²) in [5.74, 6) is 0.228. The van der Waals surface area contributed by atoms with E-state index in [9.17, 15) is 0 Å². The molecule has 0 N–H and O–H groups in total. The van der Waals surface area contributed by atoms with Gasteiger partial charge in [0.25, 0.3) is 0 Å². The van der Waals surface area contributed by atoms with Gasteiger partial charge in [-0.25, -0.2) is 0 Å². The molecule has 0 saturated heterocycles. The van der Waals surface area contributed by atoms with E-state index in [1.807, 2.05) is 0 Å². The standard InChI is InChI=1S/C54H44N2/c1-53(2)47-21-13-11-19-41(47)43-29-28-40(32-49(43)53)55(37-15-7-5-8-16-37)39-26-23-35(24-27-39)36-25-30-51-45(31-36)46-33-44-42-20-12-14-22-48(42)54(3,4)50(44)34-52(46)56(51)38-17-9-6-10-18-38/h5-34,45,51H,1-4H3. The van der Waals surface area contributed by atoms with Gasteiger partial charge in [0.1, 0.15) is 0 Å². The Morgan fingerprint density at radius 1 is 0.482 bits per heavy atom. The summed E-state index contributed by atoms with van der Waals surface area (Å²) in [4.78, 5) is 4.97. The van der Waals surface area contributed by atoms with Crippen LogP contribution in [0.2, 0.25) is 0 Å². The van der Waals surface area contributed by atoms with Crippen molar-refractivity contribution in [1.82, 2.24) is 0 Å². The molecule has 1 aliphatic heterocycles. The molecule has 1 heterocycles. The average Bonchev–Trinajstić information content (AvgIpc) is 3.77. The molecule has 0 radical (unpaired) electrons. The maximum atomic E-state index is 2.57. The molecule has 7 aromatic carbocycles. The van der Waals surface area contributed by atoms with Crippen LogP contribution in [0, 0.1) is 0 Å². The minimum atomic E-state index is -0.0690. The predicted octanol–water partition coefficient (Wildman–Crippen LogP) is 14.0. The van der Waals surface area contributed by atoms with Gasteiger partial charge in [-0.1, -0.05) is 149 Å². The largest absolute Gasteiger partial charge is 0.333 e. The van der Waals surface area contributed by atoms with Crippen molar-refractivity contribution in [2.45, 2.75) is 50.5 Å².